The Labute approximate surface area is 153 Å². The van der Waals surface area contributed by atoms with Crippen LogP contribution in [0.15, 0.2) is 18.2 Å². The number of nitriles is 1. The van der Waals surface area contributed by atoms with Crippen LogP contribution in [0.4, 0.5) is 0 Å². The number of aliphatic hydroxyl groups is 1. The molecule has 2 saturated carbocycles. The van der Waals surface area contributed by atoms with Crippen LogP contribution in [0.1, 0.15) is 44.1 Å². The molecular weight excluding hydrogens is 334 g/mol. The average molecular weight is 359 g/mol. The smallest absolute Gasteiger partial charge is 0.337 e. The van der Waals surface area contributed by atoms with E-state index in [1.165, 1.54) is 20.0 Å². The summed E-state index contributed by atoms with van der Waals surface area (Å²) >= 11 is 0. The molecular formula is C20H25NO5. The zero-order valence-corrected chi connectivity index (χ0v) is 15.3. The molecule has 0 amide bonds. The van der Waals surface area contributed by atoms with Crippen LogP contribution in [0, 0.1) is 17.2 Å². The molecule has 2 aliphatic carbocycles. The van der Waals surface area contributed by atoms with Crippen molar-refractivity contribution in [1.29, 1.82) is 5.26 Å². The van der Waals surface area contributed by atoms with E-state index in [4.69, 9.17) is 14.2 Å². The Bertz CT molecular complexity index is 711. The van der Waals surface area contributed by atoms with Crippen LogP contribution < -0.4 is 9.47 Å². The summed E-state index contributed by atoms with van der Waals surface area (Å²) < 4.78 is 16.0. The number of ether oxygens (including phenoxy) is 3. The summed E-state index contributed by atoms with van der Waals surface area (Å²) in [5.41, 5.74) is -1.43. The molecule has 26 heavy (non-hydrogen) atoms. The fourth-order valence-corrected chi connectivity index (χ4v) is 3.53. The van der Waals surface area contributed by atoms with Gasteiger partial charge in [0.05, 0.1) is 32.3 Å². The Morgan fingerprint density at radius 1 is 1.23 bits per heavy atom. The Morgan fingerprint density at radius 3 is 2.46 bits per heavy atom. The van der Waals surface area contributed by atoms with Gasteiger partial charge in [0.2, 0.25) is 0 Å². The molecule has 6 heteroatoms. The van der Waals surface area contributed by atoms with Crippen LogP contribution in [-0.2, 0) is 14.9 Å². The Kier molecular flexibility index (Phi) is 5.10. The van der Waals surface area contributed by atoms with E-state index in [1.807, 2.05) is 18.2 Å². The van der Waals surface area contributed by atoms with E-state index >= 15 is 0 Å². The maximum atomic E-state index is 11.8. The number of benzene rings is 1. The molecule has 3 rings (SSSR count). The molecule has 0 saturated heterocycles. The lowest BCUT2D eigenvalue weighted by molar-refractivity contribution is -0.166. The van der Waals surface area contributed by atoms with Gasteiger partial charge in [0, 0.05) is 0 Å². The van der Waals surface area contributed by atoms with Gasteiger partial charge in [0.1, 0.15) is 0 Å². The number of carbonyl (C=O) groups is 1. The highest BCUT2D eigenvalue weighted by Crippen LogP contribution is 2.45. The van der Waals surface area contributed by atoms with Gasteiger partial charge in [-0.3, -0.25) is 0 Å². The van der Waals surface area contributed by atoms with Crippen LogP contribution in [-0.4, -0.2) is 37.5 Å². The molecule has 0 atom stereocenters. The van der Waals surface area contributed by atoms with E-state index in [9.17, 15) is 15.2 Å². The molecule has 0 bridgehead atoms. The van der Waals surface area contributed by atoms with Gasteiger partial charge in [-0.05, 0) is 62.1 Å². The zero-order valence-electron chi connectivity index (χ0n) is 15.3. The summed E-state index contributed by atoms with van der Waals surface area (Å²) in [6.07, 6.45) is 3.52. The first-order valence-corrected chi connectivity index (χ1v) is 9.00. The molecule has 1 aromatic rings. The van der Waals surface area contributed by atoms with Crippen LogP contribution in [0.25, 0.3) is 0 Å². The van der Waals surface area contributed by atoms with Gasteiger partial charge in [0.15, 0.2) is 17.1 Å². The molecule has 0 spiro atoms. The number of esters is 1. The highest BCUT2D eigenvalue weighted by molar-refractivity contribution is 5.79. The van der Waals surface area contributed by atoms with Crippen LogP contribution in [0.3, 0.4) is 0 Å². The van der Waals surface area contributed by atoms with Crippen molar-refractivity contribution < 1.29 is 24.1 Å². The second-order valence-corrected chi connectivity index (χ2v) is 7.34. The van der Waals surface area contributed by atoms with Crippen LogP contribution in [0.2, 0.25) is 0 Å². The van der Waals surface area contributed by atoms with E-state index in [0.29, 0.717) is 36.9 Å². The predicted octanol–water partition coefficient (Wildman–Crippen LogP) is 2.72. The predicted molar refractivity (Wildman–Crippen MR) is 93.9 cm³/mol. The molecule has 0 heterocycles. The fraction of sp³-hybridized carbons (Fsp3) is 0.600. The van der Waals surface area contributed by atoms with Crippen molar-refractivity contribution in [3.8, 4) is 17.6 Å². The minimum Gasteiger partial charge on any atom is -0.493 e. The Hall–Kier alpha value is -2.26. The summed E-state index contributed by atoms with van der Waals surface area (Å²) in [7, 11) is 2.86. The maximum absolute atomic E-state index is 11.8. The lowest BCUT2D eigenvalue weighted by atomic mass is 9.66. The summed E-state index contributed by atoms with van der Waals surface area (Å²) in [4.78, 5) is 11.8. The van der Waals surface area contributed by atoms with Crippen molar-refractivity contribution in [3.63, 3.8) is 0 Å². The number of methoxy groups -OCH3 is 2. The van der Waals surface area contributed by atoms with Gasteiger partial charge in [-0.2, -0.15) is 5.26 Å². The van der Waals surface area contributed by atoms with Gasteiger partial charge < -0.3 is 19.3 Å². The number of rotatable bonds is 6. The molecule has 0 aromatic heterocycles. The number of carbonyl (C=O) groups excluding carboxylic acids is 1. The van der Waals surface area contributed by atoms with Crippen LogP contribution >= 0.6 is 0 Å². The van der Waals surface area contributed by atoms with Gasteiger partial charge in [-0.1, -0.05) is 6.07 Å². The second-order valence-electron chi connectivity index (χ2n) is 7.34. The molecule has 140 valence electrons. The number of nitrogens with zero attached hydrogens (tertiary/aromatic N) is 1. The first-order chi connectivity index (χ1) is 12.5. The monoisotopic (exact) mass is 359 g/mol. The highest BCUT2D eigenvalue weighted by atomic mass is 16.5. The minimum absolute atomic E-state index is 0.192. The van der Waals surface area contributed by atoms with E-state index in [2.05, 4.69) is 6.07 Å². The van der Waals surface area contributed by atoms with Gasteiger partial charge >= 0.3 is 5.97 Å². The lowest BCUT2D eigenvalue weighted by Crippen LogP contribution is -2.46. The summed E-state index contributed by atoms with van der Waals surface area (Å²) in [5, 5.41) is 20.4. The quantitative estimate of drug-likeness (QED) is 0.786. The van der Waals surface area contributed by atoms with Crippen molar-refractivity contribution in [2.24, 2.45) is 5.92 Å². The molecule has 0 unspecified atom stereocenters. The van der Waals surface area contributed by atoms with Crippen molar-refractivity contribution in [1.82, 2.24) is 0 Å². The van der Waals surface area contributed by atoms with Crippen molar-refractivity contribution in [2.45, 2.75) is 49.5 Å². The van der Waals surface area contributed by atoms with Crippen molar-refractivity contribution in [3.05, 3.63) is 23.8 Å². The van der Waals surface area contributed by atoms with Crippen molar-refractivity contribution >= 4 is 5.97 Å². The third-order valence-corrected chi connectivity index (χ3v) is 5.60. The molecule has 6 nitrogen and oxygen atoms in total. The van der Waals surface area contributed by atoms with Crippen LogP contribution in [0.5, 0.6) is 11.5 Å². The third kappa shape index (κ3) is 3.49. The average Bonchev–Trinajstić information content (AvgIpc) is 3.51. The zero-order chi connectivity index (χ0) is 18.8. The van der Waals surface area contributed by atoms with E-state index < -0.39 is 17.0 Å². The first-order valence-electron chi connectivity index (χ1n) is 9.00. The Balaban J connectivity index is 1.82. The molecule has 1 N–H and O–H groups in total. The standard InChI is InChI=1S/C20H25NO5/c1-24-16-6-5-15(11-17(16)26-12-14-3-4-14)19(13-21)7-9-20(23,10-8-19)18(22)25-2/h5-6,11,14,23H,3-4,7-10,12H2,1-2H3/t19-,20-. The Morgan fingerprint density at radius 2 is 1.92 bits per heavy atom. The molecule has 0 aliphatic heterocycles. The number of hydrogen-bond donors (Lipinski definition) is 1. The summed E-state index contributed by atoms with van der Waals surface area (Å²) in [6.45, 7) is 0.654. The maximum Gasteiger partial charge on any atom is 0.337 e. The second kappa shape index (κ2) is 7.16. The molecule has 0 radical (unpaired) electrons. The van der Waals surface area contributed by atoms with E-state index in [1.54, 1.807) is 7.11 Å². The normalized spacial score (nSPS) is 28.1. The minimum atomic E-state index is -1.51. The first kappa shape index (κ1) is 18.5. The highest BCUT2D eigenvalue weighted by Gasteiger charge is 2.48. The number of hydrogen-bond acceptors (Lipinski definition) is 6. The molecule has 2 aliphatic rings. The van der Waals surface area contributed by atoms with Gasteiger partial charge in [-0.25, -0.2) is 4.79 Å². The largest absolute Gasteiger partial charge is 0.493 e. The lowest BCUT2D eigenvalue weighted by Gasteiger charge is -2.38. The third-order valence-electron chi connectivity index (χ3n) is 5.60. The van der Waals surface area contributed by atoms with Crippen molar-refractivity contribution in [2.75, 3.05) is 20.8 Å². The van der Waals surface area contributed by atoms with Gasteiger partial charge in [-0.15, -0.1) is 0 Å². The van der Waals surface area contributed by atoms with Gasteiger partial charge in [0.25, 0.3) is 0 Å². The van der Waals surface area contributed by atoms with E-state index in [0.717, 1.165) is 5.56 Å². The molecule has 1 aromatic carbocycles. The fourth-order valence-electron chi connectivity index (χ4n) is 3.53. The topological polar surface area (TPSA) is 88.8 Å². The summed E-state index contributed by atoms with van der Waals surface area (Å²) in [5.74, 6) is 1.26. The SMILES string of the molecule is COc1ccc([C@]2(C#N)CC[C@](O)(C(=O)OC)CC2)cc1OCC1CC1. The molecule has 2 fully saturated rings. The summed E-state index contributed by atoms with van der Waals surface area (Å²) in [6, 6.07) is 7.97. The van der Waals surface area contributed by atoms with E-state index in [-0.39, 0.29) is 12.8 Å².